The number of nitrogens with zero attached hydrogens (tertiary/aromatic N) is 2. The summed E-state index contributed by atoms with van der Waals surface area (Å²) in [7, 11) is 0. The molecule has 4 rings (SSSR count). The predicted molar refractivity (Wildman–Crippen MR) is 117 cm³/mol. The lowest BCUT2D eigenvalue weighted by Gasteiger charge is -2.15. The van der Waals surface area contributed by atoms with Crippen molar-refractivity contribution in [2.75, 3.05) is 0 Å². The van der Waals surface area contributed by atoms with Crippen LogP contribution in [0, 0.1) is 13.8 Å². The minimum Gasteiger partial charge on any atom is -0.289 e. The van der Waals surface area contributed by atoms with Crippen LogP contribution < -0.4 is 0 Å². The number of carbonyl (C=O) groups is 2. The Labute approximate surface area is 175 Å². The second kappa shape index (κ2) is 8.21. The van der Waals surface area contributed by atoms with Crippen LogP contribution in [0.5, 0.6) is 0 Å². The number of carbonyl (C=O) groups excluding carboxylic acids is 2. The first kappa shape index (κ1) is 19.4. The van der Waals surface area contributed by atoms with E-state index in [0.29, 0.717) is 22.3 Å². The average molecular weight is 392 g/mol. The molecule has 4 heteroatoms. The third-order valence-electron chi connectivity index (χ3n) is 4.98. The van der Waals surface area contributed by atoms with E-state index >= 15 is 0 Å². The van der Waals surface area contributed by atoms with E-state index in [1.807, 2.05) is 50.2 Å². The van der Waals surface area contributed by atoms with Crippen molar-refractivity contribution in [1.29, 1.82) is 0 Å². The van der Waals surface area contributed by atoms with E-state index in [4.69, 9.17) is 0 Å². The van der Waals surface area contributed by atoms with Gasteiger partial charge in [-0.3, -0.25) is 19.6 Å². The largest absolute Gasteiger partial charge is 0.289 e. The van der Waals surface area contributed by atoms with Gasteiger partial charge >= 0.3 is 0 Å². The molecule has 4 aromatic rings. The van der Waals surface area contributed by atoms with Gasteiger partial charge in [0.15, 0.2) is 11.6 Å². The van der Waals surface area contributed by atoms with Crippen LogP contribution in [0.2, 0.25) is 0 Å². The first-order valence-corrected chi connectivity index (χ1v) is 9.66. The van der Waals surface area contributed by atoms with Crippen molar-refractivity contribution in [2.45, 2.75) is 13.8 Å². The first-order chi connectivity index (χ1) is 14.5. The van der Waals surface area contributed by atoms with E-state index < -0.39 is 0 Å². The fourth-order valence-corrected chi connectivity index (χ4v) is 3.47. The van der Waals surface area contributed by atoms with Gasteiger partial charge in [0, 0.05) is 47.0 Å². The highest BCUT2D eigenvalue weighted by Gasteiger charge is 2.21. The van der Waals surface area contributed by atoms with Crippen molar-refractivity contribution in [3.63, 3.8) is 0 Å². The van der Waals surface area contributed by atoms with E-state index in [1.54, 1.807) is 49.1 Å². The number of hydrogen-bond donors (Lipinski definition) is 0. The molecule has 0 aliphatic rings. The molecular weight excluding hydrogens is 372 g/mol. The van der Waals surface area contributed by atoms with Crippen LogP contribution in [-0.2, 0) is 0 Å². The smallest absolute Gasteiger partial charge is 0.195 e. The van der Waals surface area contributed by atoms with E-state index in [-0.39, 0.29) is 11.6 Å². The van der Waals surface area contributed by atoms with Crippen molar-refractivity contribution >= 4 is 11.6 Å². The van der Waals surface area contributed by atoms with Crippen LogP contribution in [-0.4, -0.2) is 21.5 Å². The normalized spacial score (nSPS) is 10.6. The molecule has 0 N–H and O–H groups in total. The number of aryl methyl sites for hydroxylation is 2. The summed E-state index contributed by atoms with van der Waals surface area (Å²) >= 11 is 0. The zero-order chi connectivity index (χ0) is 21.1. The highest BCUT2D eigenvalue weighted by molar-refractivity contribution is 6.17. The third kappa shape index (κ3) is 3.80. The van der Waals surface area contributed by atoms with Crippen molar-refractivity contribution in [2.24, 2.45) is 0 Å². The number of rotatable bonds is 5. The summed E-state index contributed by atoms with van der Waals surface area (Å²) in [4.78, 5) is 34.7. The van der Waals surface area contributed by atoms with Gasteiger partial charge in [0.25, 0.3) is 0 Å². The zero-order valence-corrected chi connectivity index (χ0v) is 16.8. The van der Waals surface area contributed by atoms with Crippen LogP contribution in [0.15, 0.2) is 85.5 Å². The monoisotopic (exact) mass is 392 g/mol. The van der Waals surface area contributed by atoms with Crippen LogP contribution in [0.3, 0.4) is 0 Å². The molecule has 0 saturated carbocycles. The molecule has 0 radical (unpaired) electrons. The zero-order valence-electron chi connectivity index (χ0n) is 16.8. The van der Waals surface area contributed by atoms with Crippen molar-refractivity contribution in [3.8, 4) is 11.1 Å². The van der Waals surface area contributed by atoms with Crippen molar-refractivity contribution in [3.05, 3.63) is 119 Å². The Balaban J connectivity index is 1.90. The molecule has 0 aliphatic carbocycles. The fraction of sp³-hybridized carbons (Fsp3) is 0.0769. The minimum atomic E-state index is -0.123. The van der Waals surface area contributed by atoms with Gasteiger partial charge in [0.05, 0.1) is 0 Å². The highest BCUT2D eigenvalue weighted by Crippen LogP contribution is 2.31. The standard InChI is InChI=1S/C26H20N2O2/c1-17-7-9-21(23(13-17)25(29)19-5-3-11-27-15-19)22-10-8-18(2)14-24(22)26(30)20-6-4-12-28-16-20/h3-16H,1-2H3. The summed E-state index contributed by atoms with van der Waals surface area (Å²) in [6, 6.07) is 18.4. The molecule has 2 aromatic carbocycles. The van der Waals surface area contributed by atoms with Gasteiger partial charge < -0.3 is 0 Å². The van der Waals surface area contributed by atoms with E-state index in [0.717, 1.165) is 22.3 Å². The minimum absolute atomic E-state index is 0.123. The van der Waals surface area contributed by atoms with Gasteiger partial charge in [-0.25, -0.2) is 0 Å². The molecule has 0 atom stereocenters. The molecule has 0 spiro atoms. The summed E-state index contributed by atoms with van der Waals surface area (Å²) in [5.74, 6) is -0.246. The lowest BCUT2D eigenvalue weighted by atomic mass is 9.88. The van der Waals surface area contributed by atoms with Gasteiger partial charge in [-0.15, -0.1) is 0 Å². The fourth-order valence-electron chi connectivity index (χ4n) is 3.47. The molecule has 0 unspecified atom stereocenters. The van der Waals surface area contributed by atoms with Crippen molar-refractivity contribution in [1.82, 2.24) is 9.97 Å². The third-order valence-corrected chi connectivity index (χ3v) is 4.98. The van der Waals surface area contributed by atoms with Gasteiger partial charge in [-0.05, 0) is 61.4 Å². The SMILES string of the molecule is Cc1ccc(-c2ccc(C)cc2C(=O)c2cccnc2)c(C(=O)c2cccnc2)c1. The number of ketones is 2. The number of pyridine rings is 2. The second-order valence-corrected chi connectivity index (χ2v) is 7.24. The van der Waals surface area contributed by atoms with E-state index in [9.17, 15) is 9.59 Å². The molecule has 0 amide bonds. The Kier molecular flexibility index (Phi) is 5.31. The molecule has 0 aliphatic heterocycles. The first-order valence-electron chi connectivity index (χ1n) is 9.66. The summed E-state index contributed by atoms with van der Waals surface area (Å²) in [6.45, 7) is 3.89. The van der Waals surface area contributed by atoms with Crippen LogP contribution in [0.1, 0.15) is 43.0 Å². The maximum Gasteiger partial charge on any atom is 0.195 e. The number of hydrogen-bond acceptors (Lipinski definition) is 4. The van der Waals surface area contributed by atoms with Gasteiger partial charge in [0.2, 0.25) is 0 Å². The summed E-state index contributed by atoms with van der Waals surface area (Å²) < 4.78 is 0. The van der Waals surface area contributed by atoms with Gasteiger partial charge in [-0.2, -0.15) is 0 Å². The lowest BCUT2D eigenvalue weighted by Crippen LogP contribution is -2.08. The summed E-state index contributed by atoms with van der Waals surface area (Å²) in [5.41, 5.74) is 5.51. The van der Waals surface area contributed by atoms with Crippen LogP contribution in [0.4, 0.5) is 0 Å². The number of benzene rings is 2. The second-order valence-electron chi connectivity index (χ2n) is 7.24. The Hall–Kier alpha value is -3.92. The topological polar surface area (TPSA) is 59.9 Å². The van der Waals surface area contributed by atoms with E-state index in [1.165, 1.54) is 0 Å². The molecule has 146 valence electrons. The molecule has 2 heterocycles. The predicted octanol–water partition coefficient (Wildman–Crippen LogP) is 5.22. The van der Waals surface area contributed by atoms with Crippen LogP contribution >= 0.6 is 0 Å². The average Bonchev–Trinajstić information content (AvgIpc) is 2.79. The van der Waals surface area contributed by atoms with Crippen molar-refractivity contribution < 1.29 is 9.59 Å². The Bertz CT molecular complexity index is 1130. The molecule has 0 fully saturated rings. The van der Waals surface area contributed by atoms with Gasteiger partial charge in [-0.1, -0.05) is 35.4 Å². The molecule has 0 saturated heterocycles. The van der Waals surface area contributed by atoms with Crippen LogP contribution in [0.25, 0.3) is 11.1 Å². The summed E-state index contributed by atoms with van der Waals surface area (Å²) in [6.07, 6.45) is 6.40. The maximum atomic E-state index is 13.3. The maximum absolute atomic E-state index is 13.3. The molecule has 2 aromatic heterocycles. The summed E-state index contributed by atoms with van der Waals surface area (Å²) in [5, 5.41) is 0. The molecular formula is C26H20N2O2. The number of aromatic nitrogens is 2. The Morgan fingerprint density at radius 2 is 1.07 bits per heavy atom. The van der Waals surface area contributed by atoms with Gasteiger partial charge in [0.1, 0.15) is 0 Å². The van der Waals surface area contributed by atoms with E-state index in [2.05, 4.69) is 9.97 Å². The molecule has 4 nitrogen and oxygen atoms in total. The lowest BCUT2D eigenvalue weighted by molar-refractivity contribution is 0.102. The quantitative estimate of drug-likeness (QED) is 0.437. The Morgan fingerprint density at radius 3 is 1.43 bits per heavy atom. The highest BCUT2D eigenvalue weighted by atomic mass is 16.1. The molecule has 0 bridgehead atoms. The Morgan fingerprint density at radius 1 is 0.633 bits per heavy atom. The molecule has 30 heavy (non-hydrogen) atoms.